The van der Waals surface area contributed by atoms with Crippen LogP contribution in [0.5, 0.6) is 0 Å². The van der Waals surface area contributed by atoms with Crippen molar-refractivity contribution < 1.29 is 4.42 Å². The predicted molar refractivity (Wildman–Crippen MR) is 167 cm³/mol. The van der Waals surface area contributed by atoms with Crippen LogP contribution in [0.4, 0.5) is 0 Å². The summed E-state index contributed by atoms with van der Waals surface area (Å²) >= 11 is 0. The van der Waals surface area contributed by atoms with Gasteiger partial charge in [-0.2, -0.15) is 0 Å². The highest BCUT2D eigenvalue weighted by Gasteiger charge is 2.20. The first-order chi connectivity index (χ1) is 19.8. The molecule has 6 aromatic carbocycles. The Balaban J connectivity index is 1.44. The minimum absolute atomic E-state index is 0.911. The molecule has 188 valence electrons. The molecule has 0 N–H and O–H groups in total. The van der Waals surface area contributed by atoms with Crippen molar-refractivity contribution in [1.29, 1.82) is 0 Å². The van der Waals surface area contributed by atoms with Gasteiger partial charge in [0.05, 0.1) is 22.1 Å². The fourth-order valence-corrected chi connectivity index (χ4v) is 6.69. The maximum Gasteiger partial charge on any atom is 0.135 e. The summed E-state index contributed by atoms with van der Waals surface area (Å²) in [6.07, 6.45) is 0. The third-order valence-corrected chi connectivity index (χ3v) is 8.35. The lowest BCUT2D eigenvalue weighted by atomic mass is 10.1. The zero-order chi connectivity index (χ0) is 26.4. The number of hydrogen-bond acceptors (Lipinski definition) is 1. The van der Waals surface area contributed by atoms with Gasteiger partial charge in [0.1, 0.15) is 11.2 Å². The molecule has 0 amide bonds. The van der Waals surface area contributed by atoms with Crippen LogP contribution < -0.4 is 0 Å². The molecule has 0 aliphatic carbocycles. The quantitative estimate of drug-likeness (QED) is 0.226. The van der Waals surface area contributed by atoms with Gasteiger partial charge in [-0.05, 0) is 73.2 Å². The molecule has 0 saturated carbocycles. The Hall–Kier alpha value is -5.28. The number of aromatic nitrogens is 2. The van der Waals surface area contributed by atoms with Crippen LogP contribution in [0.3, 0.4) is 0 Å². The van der Waals surface area contributed by atoms with Crippen LogP contribution in [0.15, 0.2) is 132 Å². The molecular formula is C37H24N2O. The number of para-hydroxylation sites is 3. The molecule has 9 rings (SSSR count). The van der Waals surface area contributed by atoms with Crippen molar-refractivity contribution in [3.63, 3.8) is 0 Å². The number of fused-ring (bicyclic) bond motifs is 10. The summed E-state index contributed by atoms with van der Waals surface area (Å²) < 4.78 is 11.0. The van der Waals surface area contributed by atoms with E-state index in [-0.39, 0.29) is 0 Å². The van der Waals surface area contributed by atoms with Crippen molar-refractivity contribution >= 4 is 65.6 Å². The Kier molecular flexibility index (Phi) is 4.26. The summed E-state index contributed by atoms with van der Waals surface area (Å²) in [6.45, 7) is 2.16. The van der Waals surface area contributed by atoms with Crippen LogP contribution in [-0.2, 0) is 0 Å². The summed E-state index contributed by atoms with van der Waals surface area (Å²) in [7, 11) is 0. The standard InChI is InChI=1S/C37H24N2O/c1-23-9-8-10-24(21-23)38-30-14-5-2-12-27(30)36-32(38)18-19-33-37(36)28-13-3-6-15-31(28)39(33)25-17-20-35-29(22-25)26-11-4-7-16-34(26)40-35/h2-22H,1H3. The monoisotopic (exact) mass is 512 g/mol. The average Bonchev–Trinajstić information content (AvgIpc) is 3.64. The van der Waals surface area contributed by atoms with E-state index in [2.05, 4.69) is 131 Å². The molecular weight excluding hydrogens is 488 g/mol. The first-order valence-corrected chi connectivity index (χ1v) is 13.7. The van der Waals surface area contributed by atoms with E-state index in [1.807, 2.05) is 12.1 Å². The summed E-state index contributed by atoms with van der Waals surface area (Å²) in [5.74, 6) is 0. The second kappa shape index (κ2) is 7.87. The fraction of sp³-hybridized carbons (Fsp3) is 0.0270. The van der Waals surface area contributed by atoms with Gasteiger partial charge in [-0.15, -0.1) is 0 Å². The summed E-state index contributed by atoms with van der Waals surface area (Å²) in [5.41, 5.74) is 10.2. The molecule has 9 aromatic rings. The van der Waals surface area contributed by atoms with Crippen molar-refractivity contribution in [3.8, 4) is 11.4 Å². The lowest BCUT2D eigenvalue weighted by Gasteiger charge is -2.10. The summed E-state index contributed by atoms with van der Waals surface area (Å²) in [6, 6.07) is 45.8. The second-order valence-electron chi connectivity index (χ2n) is 10.7. The maximum absolute atomic E-state index is 6.15. The SMILES string of the molecule is Cc1cccc(-n2c3ccccc3c3c4c5ccccc5n(-c5ccc6oc7ccccc7c6c5)c4ccc32)c1. The van der Waals surface area contributed by atoms with E-state index >= 15 is 0 Å². The topological polar surface area (TPSA) is 23.0 Å². The number of rotatable bonds is 2. The molecule has 0 radical (unpaired) electrons. The van der Waals surface area contributed by atoms with Gasteiger partial charge < -0.3 is 13.6 Å². The molecule has 0 atom stereocenters. The van der Waals surface area contributed by atoms with E-state index < -0.39 is 0 Å². The molecule has 0 spiro atoms. The van der Waals surface area contributed by atoms with Crippen molar-refractivity contribution in [2.45, 2.75) is 6.92 Å². The van der Waals surface area contributed by atoms with Gasteiger partial charge in [-0.3, -0.25) is 0 Å². The zero-order valence-electron chi connectivity index (χ0n) is 21.9. The van der Waals surface area contributed by atoms with E-state index in [4.69, 9.17) is 4.42 Å². The van der Waals surface area contributed by atoms with Crippen LogP contribution >= 0.6 is 0 Å². The van der Waals surface area contributed by atoms with Gasteiger partial charge in [-0.1, -0.05) is 66.7 Å². The van der Waals surface area contributed by atoms with Gasteiger partial charge in [0.2, 0.25) is 0 Å². The van der Waals surface area contributed by atoms with Gasteiger partial charge in [-0.25, -0.2) is 0 Å². The Morgan fingerprint density at radius 1 is 0.425 bits per heavy atom. The minimum Gasteiger partial charge on any atom is -0.456 e. The average molecular weight is 513 g/mol. The maximum atomic E-state index is 6.15. The van der Waals surface area contributed by atoms with Crippen molar-refractivity contribution in [2.75, 3.05) is 0 Å². The molecule has 3 heterocycles. The molecule has 3 nitrogen and oxygen atoms in total. The van der Waals surface area contributed by atoms with Crippen LogP contribution in [0, 0.1) is 6.92 Å². The molecule has 40 heavy (non-hydrogen) atoms. The highest BCUT2D eigenvalue weighted by atomic mass is 16.3. The summed E-state index contributed by atoms with van der Waals surface area (Å²) in [4.78, 5) is 0. The van der Waals surface area contributed by atoms with Crippen LogP contribution in [0.25, 0.3) is 76.9 Å². The van der Waals surface area contributed by atoms with Crippen LogP contribution in [0.1, 0.15) is 5.56 Å². The molecule has 0 aliphatic heterocycles. The number of furan rings is 1. The lowest BCUT2D eigenvalue weighted by Crippen LogP contribution is -1.95. The highest BCUT2D eigenvalue weighted by Crippen LogP contribution is 2.42. The molecule has 0 saturated heterocycles. The smallest absolute Gasteiger partial charge is 0.135 e. The fourth-order valence-electron chi connectivity index (χ4n) is 6.69. The van der Waals surface area contributed by atoms with Crippen LogP contribution in [0.2, 0.25) is 0 Å². The predicted octanol–water partition coefficient (Wildman–Crippen LogP) is 10.1. The summed E-state index contributed by atoms with van der Waals surface area (Å²) in [5, 5.41) is 7.38. The molecule has 0 aliphatic rings. The number of aryl methyl sites for hydroxylation is 1. The third kappa shape index (κ3) is 2.84. The van der Waals surface area contributed by atoms with Crippen LogP contribution in [-0.4, -0.2) is 9.13 Å². The van der Waals surface area contributed by atoms with Gasteiger partial charge in [0.25, 0.3) is 0 Å². The molecule has 3 heteroatoms. The van der Waals surface area contributed by atoms with Gasteiger partial charge >= 0.3 is 0 Å². The van der Waals surface area contributed by atoms with E-state index in [1.165, 1.54) is 54.9 Å². The normalized spacial score (nSPS) is 12.1. The number of hydrogen-bond donors (Lipinski definition) is 0. The molecule has 0 fully saturated rings. The molecule has 3 aromatic heterocycles. The van der Waals surface area contributed by atoms with E-state index in [0.717, 1.165) is 27.6 Å². The first-order valence-electron chi connectivity index (χ1n) is 13.7. The van der Waals surface area contributed by atoms with Gasteiger partial charge in [0, 0.05) is 43.7 Å². The van der Waals surface area contributed by atoms with Gasteiger partial charge in [0.15, 0.2) is 0 Å². The van der Waals surface area contributed by atoms with E-state index in [0.29, 0.717) is 0 Å². The number of benzene rings is 6. The Morgan fingerprint density at radius 2 is 1.00 bits per heavy atom. The molecule has 0 bridgehead atoms. The Morgan fingerprint density at radius 3 is 1.68 bits per heavy atom. The van der Waals surface area contributed by atoms with Crippen molar-refractivity contribution in [2.24, 2.45) is 0 Å². The minimum atomic E-state index is 0.911. The number of nitrogens with zero attached hydrogens (tertiary/aromatic N) is 2. The van der Waals surface area contributed by atoms with Crippen molar-refractivity contribution in [3.05, 3.63) is 133 Å². The lowest BCUT2D eigenvalue weighted by molar-refractivity contribution is 0.669. The first kappa shape index (κ1) is 21.6. The Labute approximate surface area is 230 Å². The highest BCUT2D eigenvalue weighted by molar-refractivity contribution is 6.29. The Bertz CT molecular complexity index is 2450. The second-order valence-corrected chi connectivity index (χ2v) is 10.7. The third-order valence-electron chi connectivity index (χ3n) is 8.35. The zero-order valence-corrected chi connectivity index (χ0v) is 21.9. The van der Waals surface area contributed by atoms with E-state index in [1.54, 1.807) is 0 Å². The van der Waals surface area contributed by atoms with E-state index in [9.17, 15) is 0 Å². The van der Waals surface area contributed by atoms with Crippen molar-refractivity contribution in [1.82, 2.24) is 9.13 Å². The molecule has 0 unspecified atom stereocenters. The largest absolute Gasteiger partial charge is 0.456 e.